The van der Waals surface area contributed by atoms with E-state index in [1.165, 1.54) is 23.1 Å². The number of aliphatic hydroxyl groups is 1. The van der Waals surface area contributed by atoms with Gasteiger partial charge >= 0.3 is 5.91 Å². The first-order valence-corrected chi connectivity index (χ1v) is 11.9. The molecule has 8 heteroatoms. The number of rotatable bonds is 5. The van der Waals surface area contributed by atoms with Crippen LogP contribution in [0, 0.1) is 12.7 Å². The minimum atomic E-state index is -0.896. The highest BCUT2D eigenvalue weighted by atomic mass is 32.1. The van der Waals surface area contributed by atoms with Gasteiger partial charge in [0.05, 0.1) is 28.4 Å². The molecule has 1 fully saturated rings. The van der Waals surface area contributed by atoms with Gasteiger partial charge in [-0.3, -0.25) is 14.5 Å². The second kappa shape index (κ2) is 8.96. The molecule has 0 spiro atoms. The predicted molar refractivity (Wildman–Crippen MR) is 133 cm³/mol. The SMILES string of the molecule is CCOc1ccc(C(O)=C2C(=O)C(=O)N(c3nc4ccc(F)cc4s3)C2c2ccc(C)cc2)cc1. The first-order chi connectivity index (χ1) is 16.9. The van der Waals surface area contributed by atoms with Gasteiger partial charge in [-0.2, -0.15) is 0 Å². The fourth-order valence-corrected chi connectivity index (χ4v) is 5.13. The van der Waals surface area contributed by atoms with Crippen LogP contribution in [0.4, 0.5) is 9.52 Å². The molecular formula is C27H21FN2O4S. The molecule has 5 rings (SSSR count). The number of fused-ring (bicyclic) bond motifs is 1. The van der Waals surface area contributed by atoms with Crippen molar-refractivity contribution in [1.82, 2.24) is 4.98 Å². The highest BCUT2D eigenvalue weighted by molar-refractivity contribution is 7.22. The molecule has 176 valence electrons. The number of amides is 1. The Balaban J connectivity index is 1.68. The lowest BCUT2D eigenvalue weighted by atomic mass is 9.95. The minimum Gasteiger partial charge on any atom is -0.507 e. The Morgan fingerprint density at radius 3 is 2.49 bits per heavy atom. The molecule has 35 heavy (non-hydrogen) atoms. The molecule has 1 unspecified atom stereocenters. The number of ether oxygens (including phenoxy) is 1. The van der Waals surface area contributed by atoms with Crippen molar-refractivity contribution in [2.75, 3.05) is 11.5 Å². The number of benzene rings is 3. The normalized spacial score (nSPS) is 17.3. The fraction of sp³-hybridized carbons (Fsp3) is 0.148. The zero-order chi connectivity index (χ0) is 24.7. The number of anilines is 1. The van der Waals surface area contributed by atoms with Crippen LogP contribution in [0.5, 0.6) is 5.75 Å². The van der Waals surface area contributed by atoms with E-state index < -0.39 is 23.5 Å². The number of hydrogen-bond donors (Lipinski definition) is 1. The van der Waals surface area contributed by atoms with Crippen molar-refractivity contribution in [3.05, 3.63) is 94.8 Å². The van der Waals surface area contributed by atoms with Gasteiger partial charge in [0, 0.05) is 5.56 Å². The smallest absolute Gasteiger partial charge is 0.301 e. The Hall–Kier alpha value is -4.04. The maximum Gasteiger partial charge on any atom is 0.301 e. The van der Waals surface area contributed by atoms with Crippen LogP contribution in [-0.2, 0) is 9.59 Å². The molecule has 1 aliphatic rings. The Kier molecular flexibility index (Phi) is 5.82. The summed E-state index contributed by atoms with van der Waals surface area (Å²) in [5.74, 6) is -1.69. The molecule has 1 N–H and O–H groups in total. The van der Waals surface area contributed by atoms with Crippen molar-refractivity contribution in [3.8, 4) is 5.75 Å². The maximum atomic E-state index is 13.8. The van der Waals surface area contributed by atoms with Gasteiger partial charge in [0.15, 0.2) is 5.13 Å². The molecule has 2 heterocycles. The van der Waals surface area contributed by atoms with Crippen LogP contribution in [0.25, 0.3) is 16.0 Å². The summed E-state index contributed by atoms with van der Waals surface area (Å²) < 4.78 is 19.8. The summed E-state index contributed by atoms with van der Waals surface area (Å²) in [6, 6.07) is 17.3. The zero-order valence-corrected chi connectivity index (χ0v) is 19.8. The largest absolute Gasteiger partial charge is 0.507 e. The number of carbonyl (C=O) groups excluding carboxylic acids is 2. The monoisotopic (exact) mass is 488 g/mol. The van der Waals surface area contributed by atoms with E-state index in [0.717, 1.165) is 16.9 Å². The average Bonchev–Trinajstić information content (AvgIpc) is 3.37. The van der Waals surface area contributed by atoms with Crippen LogP contribution in [0.15, 0.2) is 72.3 Å². The number of aryl methyl sites for hydroxylation is 1. The number of carbonyl (C=O) groups is 2. The Labute approximate surface area is 204 Å². The van der Waals surface area contributed by atoms with Crippen LogP contribution < -0.4 is 9.64 Å². The molecule has 0 saturated carbocycles. The lowest BCUT2D eigenvalue weighted by molar-refractivity contribution is -0.132. The van der Waals surface area contributed by atoms with Crippen LogP contribution in [-0.4, -0.2) is 28.4 Å². The molecular weight excluding hydrogens is 467 g/mol. The van der Waals surface area contributed by atoms with Crippen molar-refractivity contribution in [3.63, 3.8) is 0 Å². The van der Waals surface area contributed by atoms with Gasteiger partial charge in [-0.15, -0.1) is 0 Å². The van der Waals surface area contributed by atoms with E-state index in [2.05, 4.69) is 4.98 Å². The number of nitrogens with zero attached hydrogens (tertiary/aromatic N) is 2. The third-order valence-electron chi connectivity index (χ3n) is 5.82. The maximum absolute atomic E-state index is 13.8. The van der Waals surface area contributed by atoms with Crippen LogP contribution in [0.1, 0.15) is 29.7 Å². The lowest BCUT2D eigenvalue weighted by Gasteiger charge is -2.23. The Morgan fingerprint density at radius 1 is 1.09 bits per heavy atom. The number of halogens is 1. The highest BCUT2D eigenvalue weighted by Crippen LogP contribution is 2.44. The molecule has 0 aliphatic carbocycles. The molecule has 0 radical (unpaired) electrons. The van der Waals surface area contributed by atoms with Gasteiger partial charge in [0.25, 0.3) is 5.78 Å². The van der Waals surface area contributed by atoms with Crippen molar-refractivity contribution in [2.45, 2.75) is 19.9 Å². The van der Waals surface area contributed by atoms with Gasteiger partial charge < -0.3 is 9.84 Å². The molecule has 1 atom stereocenters. The molecule has 0 bridgehead atoms. The predicted octanol–water partition coefficient (Wildman–Crippen LogP) is 5.77. The summed E-state index contributed by atoms with van der Waals surface area (Å²) in [6.45, 7) is 4.30. The minimum absolute atomic E-state index is 0.0338. The molecule has 6 nitrogen and oxygen atoms in total. The number of Topliss-reactive ketones (excluding diaryl/α,β-unsaturated/α-hetero) is 1. The molecule has 1 aliphatic heterocycles. The first-order valence-electron chi connectivity index (χ1n) is 11.0. The summed E-state index contributed by atoms with van der Waals surface area (Å²) in [6.07, 6.45) is 0. The lowest BCUT2D eigenvalue weighted by Crippen LogP contribution is -2.29. The fourth-order valence-electron chi connectivity index (χ4n) is 4.11. The molecule has 4 aromatic rings. The Morgan fingerprint density at radius 2 is 1.80 bits per heavy atom. The second-order valence-corrected chi connectivity index (χ2v) is 9.15. The first kappa shape index (κ1) is 22.7. The third-order valence-corrected chi connectivity index (χ3v) is 6.84. The van der Waals surface area contributed by atoms with Crippen molar-refractivity contribution < 1.29 is 23.8 Å². The molecule has 1 amide bonds. The number of aromatic nitrogens is 1. The topological polar surface area (TPSA) is 79.7 Å². The van der Waals surface area contributed by atoms with E-state index in [1.807, 2.05) is 38.1 Å². The second-order valence-electron chi connectivity index (χ2n) is 8.15. The number of thiazole rings is 1. The van der Waals surface area contributed by atoms with Gasteiger partial charge in [-0.05, 0) is 61.9 Å². The third kappa shape index (κ3) is 4.06. The van der Waals surface area contributed by atoms with Crippen molar-refractivity contribution >= 4 is 44.1 Å². The van der Waals surface area contributed by atoms with Crippen LogP contribution in [0.2, 0.25) is 0 Å². The standard InChI is InChI=1S/C27H21FN2O4S/c1-3-34-19-11-8-17(9-12-19)24(31)22-23(16-6-4-15(2)5-7-16)30(26(33)25(22)32)27-29-20-13-10-18(28)14-21(20)35-27/h4-14,23,31H,3H2,1-2H3. The number of aliphatic hydroxyl groups excluding tert-OH is 1. The van der Waals surface area contributed by atoms with E-state index >= 15 is 0 Å². The average molecular weight is 489 g/mol. The van der Waals surface area contributed by atoms with Gasteiger partial charge in [-0.25, -0.2) is 9.37 Å². The summed E-state index contributed by atoms with van der Waals surface area (Å²) >= 11 is 1.11. The zero-order valence-electron chi connectivity index (χ0n) is 19.0. The summed E-state index contributed by atoms with van der Waals surface area (Å²) in [4.78, 5) is 32.3. The Bertz CT molecular complexity index is 1480. The van der Waals surface area contributed by atoms with E-state index in [4.69, 9.17) is 4.74 Å². The summed E-state index contributed by atoms with van der Waals surface area (Å²) in [7, 11) is 0. The van der Waals surface area contributed by atoms with E-state index in [0.29, 0.717) is 33.7 Å². The number of ketones is 1. The van der Waals surface area contributed by atoms with Crippen LogP contribution >= 0.6 is 11.3 Å². The molecule has 3 aromatic carbocycles. The van der Waals surface area contributed by atoms with Gasteiger partial charge in [0.1, 0.15) is 17.3 Å². The highest BCUT2D eigenvalue weighted by Gasteiger charge is 2.48. The van der Waals surface area contributed by atoms with Crippen molar-refractivity contribution in [1.29, 1.82) is 0 Å². The molecule has 1 aromatic heterocycles. The van der Waals surface area contributed by atoms with E-state index in [1.54, 1.807) is 24.3 Å². The quantitative estimate of drug-likeness (QED) is 0.219. The van der Waals surface area contributed by atoms with Gasteiger partial charge in [-0.1, -0.05) is 41.2 Å². The summed E-state index contributed by atoms with van der Waals surface area (Å²) in [5, 5.41) is 11.5. The number of hydrogen-bond acceptors (Lipinski definition) is 6. The van der Waals surface area contributed by atoms with E-state index in [9.17, 15) is 19.1 Å². The van der Waals surface area contributed by atoms with E-state index in [-0.39, 0.29) is 16.5 Å². The molecule has 1 saturated heterocycles. The summed E-state index contributed by atoms with van der Waals surface area (Å²) in [5.41, 5.74) is 2.52. The van der Waals surface area contributed by atoms with Gasteiger partial charge in [0.2, 0.25) is 0 Å². The van der Waals surface area contributed by atoms with Crippen LogP contribution in [0.3, 0.4) is 0 Å². The van der Waals surface area contributed by atoms with Crippen molar-refractivity contribution in [2.24, 2.45) is 0 Å².